The second kappa shape index (κ2) is 8.01. The number of nitrogens with two attached hydrogens (primary N) is 1. The monoisotopic (exact) mass is 409 g/mol. The van der Waals surface area contributed by atoms with Crippen LogP contribution in [0, 0.1) is 6.92 Å². The number of nitrogen functional groups attached to an aromatic ring is 1. The molecule has 0 spiro atoms. The molecule has 0 unspecified atom stereocenters. The Hall–Kier alpha value is -3.25. The van der Waals surface area contributed by atoms with Crippen LogP contribution in [0.15, 0.2) is 54.7 Å². The molecular formula is C22H22ClN5O. The van der Waals surface area contributed by atoms with Gasteiger partial charge in [-0.3, -0.25) is 0 Å². The quantitative estimate of drug-likeness (QED) is 0.576. The number of rotatable bonds is 4. The molecule has 2 aromatic carbocycles. The van der Waals surface area contributed by atoms with Crippen LogP contribution in [0.25, 0.3) is 0 Å². The largest absolute Gasteiger partial charge is 0.384 e. The fraction of sp³-hybridized carbons (Fsp3) is 0.182. The van der Waals surface area contributed by atoms with Crippen molar-refractivity contribution in [1.29, 1.82) is 0 Å². The third-order valence-electron chi connectivity index (χ3n) is 4.77. The Bertz CT molecular complexity index is 1150. The van der Waals surface area contributed by atoms with E-state index in [1.165, 1.54) is 6.20 Å². The highest BCUT2D eigenvalue weighted by atomic mass is 35.5. The molecule has 148 valence electrons. The first-order valence-corrected chi connectivity index (χ1v) is 9.59. The highest BCUT2D eigenvalue weighted by Gasteiger charge is 2.22. The fourth-order valence-corrected chi connectivity index (χ4v) is 3.52. The summed E-state index contributed by atoms with van der Waals surface area (Å²) in [4.78, 5) is 18.2. The second-order valence-electron chi connectivity index (χ2n) is 6.82. The van der Waals surface area contributed by atoms with Gasteiger partial charge >= 0.3 is 6.03 Å². The molecule has 0 fully saturated rings. The van der Waals surface area contributed by atoms with Crippen molar-refractivity contribution < 1.29 is 7.54 Å². The number of anilines is 4. The topological polar surface area (TPSA) is 83.3 Å². The Balaban J connectivity index is 1.57. The van der Waals surface area contributed by atoms with E-state index in [1.807, 2.05) is 25.1 Å². The molecule has 6 nitrogen and oxygen atoms in total. The number of pyridine rings is 1. The molecule has 1 aromatic heterocycles. The van der Waals surface area contributed by atoms with E-state index in [0.29, 0.717) is 34.9 Å². The predicted molar refractivity (Wildman–Crippen MR) is 119 cm³/mol. The van der Waals surface area contributed by atoms with Gasteiger partial charge in [0.2, 0.25) is 0 Å². The highest BCUT2D eigenvalue weighted by molar-refractivity contribution is 6.31. The predicted octanol–water partition coefficient (Wildman–Crippen LogP) is 4.83. The summed E-state index contributed by atoms with van der Waals surface area (Å²) in [7, 11) is 0. The molecule has 2 heterocycles. The van der Waals surface area contributed by atoms with Crippen LogP contribution < -0.4 is 21.3 Å². The van der Waals surface area contributed by atoms with E-state index in [1.54, 1.807) is 35.2 Å². The molecular weight excluding hydrogens is 386 g/mol. The molecule has 2 amide bonds. The van der Waals surface area contributed by atoms with Crippen LogP contribution in [-0.4, -0.2) is 17.6 Å². The number of aromatic nitrogens is 1. The highest BCUT2D eigenvalue weighted by Crippen LogP contribution is 2.34. The van der Waals surface area contributed by atoms with Crippen LogP contribution in [0.3, 0.4) is 0 Å². The average Bonchev–Trinajstić information content (AvgIpc) is 3.17. The molecule has 0 aliphatic carbocycles. The first-order valence-electron chi connectivity index (χ1n) is 10.2. The Morgan fingerprint density at radius 2 is 2.07 bits per heavy atom. The second-order valence-corrected chi connectivity index (χ2v) is 7.26. The molecule has 0 atom stereocenters. The fourth-order valence-electron chi connectivity index (χ4n) is 3.35. The van der Waals surface area contributed by atoms with E-state index in [0.717, 1.165) is 16.8 Å². The van der Waals surface area contributed by atoms with Gasteiger partial charge in [0.15, 0.2) is 0 Å². The SMILES string of the molecule is [2H]C([2H])(c1ccnc(N)c1)N1CCc2c(NC(=O)Nc3cc(Cl)ccc3C)cccc21. The van der Waals surface area contributed by atoms with E-state index >= 15 is 0 Å². The number of fused-ring (bicyclic) bond motifs is 1. The van der Waals surface area contributed by atoms with Gasteiger partial charge in [-0.2, -0.15) is 0 Å². The summed E-state index contributed by atoms with van der Waals surface area (Å²) in [5.74, 6) is 0.268. The summed E-state index contributed by atoms with van der Waals surface area (Å²) in [6.07, 6.45) is 2.10. The van der Waals surface area contributed by atoms with Gasteiger partial charge in [0.05, 0.1) is 2.74 Å². The number of amides is 2. The summed E-state index contributed by atoms with van der Waals surface area (Å²) in [6.45, 7) is 0.581. The smallest absolute Gasteiger partial charge is 0.323 e. The van der Waals surface area contributed by atoms with Crippen molar-refractivity contribution in [2.24, 2.45) is 0 Å². The first-order chi connectivity index (χ1) is 14.8. The number of urea groups is 1. The number of benzene rings is 2. The van der Waals surface area contributed by atoms with Crippen LogP contribution >= 0.6 is 11.6 Å². The standard InChI is InChI=1S/C22H22ClN5O/c1-14-5-6-16(23)12-19(14)27-22(29)26-18-3-2-4-20-17(18)8-10-28(20)13-15-7-9-25-21(24)11-15/h2-7,9,11-12H,8,10,13H2,1H3,(H2,24,25)(H2,26,27,29)/i13D2. The van der Waals surface area contributed by atoms with Crippen molar-refractivity contribution in [2.45, 2.75) is 19.8 Å². The number of carbonyl (C=O) groups excluding carboxylic acids is 1. The summed E-state index contributed by atoms with van der Waals surface area (Å²) in [5, 5.41) is 6.25. The van der Waals surface area contributed by atoms with Crippen LogP contribution in [0.2, 0.25) is 5.02 Å². The van der Waals surface area contributed by atoms with Gasteiger partial charge in [-0.1, -0.05) is 23.7 Å². The maximum atomic E-state index is 12.6. The van der Waals surface area contributed by atoms with Gasteiger partial charge in [0.25, 0.3) is 0 Å². The Morgan fingerprint density at radius 1 is 1.24 bits per heavy atom. The molecule has 0 bridgehead atoms. The van der Waals surface area contributed by atoms with Crippen LogP contribution in [0.1, 0.15) is 19.4 Å². The van der Waals surface area contributed by atoms with E-state index in [2.05, 4.69) is 15.6 Å². The van der Waals surface area contributed by atoms with Gasteiger partial charge in [-0.25, -0.2) is 9.78 Å². The van der Waals surface area contributed by atoms with E-state index in [-0.39, 0.29) is 11.8 Å². The van der Waals surface area contributed by atoms with Crippen molar-refractivity contribution >= 4 is 40.5 Å². The van der Waals surface area contributed by atoms with Gasteiger partial charge in [0, 0.05) is 46.9 Å². The van der Waals surface area contributed by atoms with E-state index in [4.69, 9.17) is 20.1 Å². The number of nitrogens with zero attached hydrogens (tertiary/aromatic N) is 2. The summed E-state index contributed by atoms with van der Waals surface area (Å²) in [5.41, 5.74) is 9.97. The maximum Gasteiger partial charge on any atom is 0.323 e. The zero-order valence-corrected chi connectivity index (χ0v) is 16.6. The normalized spacial score (nSPS) is 14.1. The maximum absolute atomic E-state index is 12.6. The molecule has 4 N–H and O–H groups in total. The summed E-state index contributed by atoms with van der Waals surface area (Å²) >= 11 is 6.03. The Kier molecular flexibility index (Phi) is 4.61. The average molecular weight is 410 g/mol. The number of halogens is 1. The minimum Gasteiger partial charge on any atom is -0.384 e. The number of hydrogen-bond acceptors (Lipinski definition) is 4. The summed E-state index contributed by atoms with van der Waals surface area (Å²) < 4.78 is 17.4. The zero-order chi connectivity index (χ0) is 22.2. The van der Waals surface area contributed by atoms with Crippen LogP contribution in [0.5, 0.6) is 0 Å². The van der Waals surface area contributed by atoms with Gasteiger partial charge in [-0.05, 0) is 60.9 Å². The van der Waals surface area contributed by atoms with Crippen molar-refractivity contribution in [2.75, 3.05) is 27.8 Å². The van der Waals surface area contributed by atoms with E-state index < -0.39 is 6.50 Å². The van der Waals surface area contributed by atoms with Crippen molar-refractivity contribution in [3.05, 3.63) is 76.4 Å². The minimum atomic E-state index is -1.78. The Labute approximate surface area is 177 Å². The van der Waals surface area contributed by atoms with E-state index in [9.17, 15) is 4.79 Å². The van der Waals surface area contributed by atoms with Crippen LogP contribution in [-0.2, 0) is 12.9 Å². The minimum absolute atomic E-state index is 0.268. The molecule has 3 aromatic rings. The lowest BCUT2D eigenvalue weighted by Crippen LogP contribution is -2.21. The third kappa shape index (κ3) is 4.27. The summed E-state index contributed by atoms with van der Waals surface area (Å²) in [6, 6.07) is 13.5. The third-order valence-corrected chi connectivity index (χ3v) is 5.00. The van der Waals surface area contributed by atoms with Crippen molar-refractivity contribution in [3.8, 4) is 0 Å². The molecule has 0 saturated heterocycles. The lowest BCUT2D eigenvalue weighted by atomic mass is 10.1. The molecule has 0 saturated carbocycles. The lowest BCUT2D eigenvalue weighted by Gasteiger charge is -2.20. The number of hydrogen-bond donors (Lipinski definition) is 3. The molecule has 1 aliphatic heterocycles. The van der Waals surface area contributed by atoms with Gasteiger partial charge in [0.1, 0.15) is 5.82 Å². The molecule has 29 heavy (non-hydrogen) atoms. The number of carbonyl (C=O) groups is 1. The number of aryl methyl sites for hydroxylation is 1. The van der Waals surface area contributed by atoms with Gasteiger partial charge in [-0.15, -0.1) is 0 Å². The van der Waals surface area contributed by atoms with Gasteiger partial charge < -0.3 is 21.3 Å². The molecule has 0 radical (unpaired) electrons. The molecule has 4 rings (SSSR count). The first kappa shape index (κ1) is 16.7. The zero-order valence-electron chi connectivity index (χ0n) is 17.9. The van der Waals surface area contributed by atoms with Crippen molar-refractivity contribution in [3.63, 3.8) is 0 Å². The number of nitrogens with one attached hydrogen (secondary N) is 2. The Morgan fingerprint density at radius 3 is 2.90 bits per heavy atom. The lowest BCUT2D eigenvalue weighted by molar-refractivity contribution is 0.262. The van der Waals surface area contributed by atoms with Crippen LogP contribution in [0.4, 0.5) is 27.7 Å². The van der Waals surface area contributed by atoms with Crippen molar-refractivity contribution in [1.82, 2.24) is 4.98 Å². The molecule has 7 heteroatoms. The molecule has 1 aliphatic rings.